The van der Waals surface area contributed by atoms with Crippen LogP contribution in [0.15, 0.2) is 78.9 Å². The summed E-state index contributed by atoms with van der Waals surface area (Å²) in [5, 5.41) is 15.9. The molecule has 0 amide bonds. The van der Waals surface area contributed by atoms with Gasteiger partial charge in [0, 0.05) is 29.1 Å². The highest BCUT2D eigenvalue weighted by Gasteiger charge is 2.22. The Morgan fingerprint density at radius 2 is 1.56 bits per heavy atom. The first kappa shape index (κ1) is 21.0. The Bertz CT molecular complexity index is 1170. The zero-order chi connectivity index (χ0) is 21.9. The number of benzene rings is 3. The second kappa shape index (κ2) is 9.32. The molecule has 5 rings (SSSR count). The third-order valence-corrected chi connectivity index (χ3v) is 6.72. The highest BCUT2D eigenvalue weighted by molar-refractivity contribution is 6.04. The maximum Gasteiger partial charge on any atom is 0.0843 e. The lowest BCUT2D eigenvalue weighted by atomic mass is 9.98. The van der Waals surface area contributed by atoms with Crippen molar-refractivity contribution < 1.29 is 5.11 Å². The summed E-state index contributed by atoms with van der Waals surface area (Å²) in [7, 11) is 0. The third-order valence-electron chi connectivity index (χ3n) is 6.72. The average molecular weight is 425 g/mol. The Balaban J connectivity index is 1.62. The molecule has 1 atom stereocenters. The van der Waals surface area contributed by atoms with E-state index in [9.17, 15) is 5.11 Å². The monoisotopic (exact) mass is 424 g/mol. The van der Waals surface area contributed by atoms with Crippen molar-refractivity contribution in [2.24, 2.45) is 0 Å². The molecule has 0 aliphatic heterocycles. The maximum absolute atomic E-state index is 11.0. The number of fused-ring (bicyclic) bond motifs is 1. The molecule has 3 aromatic carbocycles. The molecule has 0 unspecified atom stereocenters. The van der Waals surface area contributed by atoms with Crippen molar-refractivity contribution in [3.05, 3.63) is 84.4 Å². The minimum absolute atomic E-state index is 0.446. The van der Waals surface area contributed by atoms with Gasteiger partial charge in [0.15, 0.2) is 0 Å². The summed E-state index contributed by atoms with van der Waals surface area (Å²) in [5.41, 5.74) is 7.22. The number of nitrogens with one attached hydrogen (secondary N) is 1. The van der Waals surface area contributed by atoms with Crippen LogP contribution in [0.3, 0.4) is 0 Å². The minimum atomic E-state index is -0.446. The largest absolute Gasteiger partial charge is 0.390 e. The summed E-state index contributed by atoms with van der Waals surface area (Å²) in [4.78, 5) is 0. The van der Waals surface area contributed by atoms with E-state index >= 15 is 0 Å². The standard InChI is InChI=1S/C29H32N2O/c1-21-16-17-27-26(18-21)28(22-10-4-2-5-11-22)29(23-12-6-3-7-13-23)31(27)20-25(32)19-30-24-14-8-9-15-24/h2-7,10-13,16-18,24-25,30,32H,8-9,14-15,19-20H2,1H3/t25-/m0/s1. The van der Waals surface area contributed by atoms with Gasteiger partial charge in [-0.05, 0) is 43.0 Å². The number of nitrogens with zero attached hydrogens (tertiary/aromatic N) is 1. The molecule has 1 heterocycles. The molecule has 1 aliphatic carbocycles. The SMILES string of the molecule is Cc1ccc2c(c1)c(-c1ccccc1)c(-c1ccccc1)n2C[C@@H](O)CNC1CCCC1. The van der Waals surface area contributed by atoms with Gasteiger partial charge in [-0.1, -0.05) is 85.1 Å². The molecule has 1 aliphatic rings. The third kappa shape index (κ3) is 4.23. The Morgan fingerprint density at radius 3 is 2.25 bits per heavy atom. The summed E-state index contributed by atoms with van der Waals surface area (Å²) < 4.78 is 2.33. The second-order valence-corrected chi connectivity index (χ2v) is 9.13. The highest BCUT2D eigenvalue weighted by Crippen LogP contribution is 2.41. The summed E-state index contributed by atoms with van der Waals surface area (Å²) in [6, 6.07) is 28.5. The Labute approximate surface area is 190 Å². The second-order valence-electron chi connectivity index (χ2n) is 9.13. The van der Waals surface area contributed by atoms with E-state index in [0.717, 1.165) is 0 Å². The van der Waals surface area contributed by atoms with Crippen molar-refractivity contribution >= 4 is 10.9 Å². The molecule has 164 valence electrons. The van der Waals surface area contributed by atoms with Crippen molar-refractivity contribution in [3.8, 4) is 22.4 Å². The summed E-state index contributed by atoms with van der Waals surface area (Å²) in [6.07, 6.45) is 4.61. The number of aromatic nitrogens is 1. The first-order valence-electron chi connectivity index (χ1n) is 11.9. The lowest BCUT2D eigenvalue weighted by molar-refractivity contribution is 0.149. The fourth-order valence-electron chi connectivity index (χ4n) is 5.16. The van der Waals surface area contributed by atoms with Gasteiger partial charge in [0.05, 0.1) is 18.3 Å². The fourth-order valence-corrected chi connectivity index (χ4v) is 5.16. The molecule has 0 spiro atoms. The normalized spacial score (nSPS) is 15.4. The molecular formula is C29H32N2O. The Hall–Kier alpha value is -2.88. The van der Waals surface area contributed by atoms with Crippen LogP contribution < -0.4 is 5.32 Å². The van der Waals surface area contributed by atoms with Gasteiger partial charge in [-0.25, -0.2) is 0 Å². The van der Waals surface area contributed by atoms with E-state index in [2.05, 4.69) is 95.7 Å². The van der Waals surface area contributed by atoms with E-state index in [4.69, 9.17) is 0 Å². The van der Waals surface area contributed by atoms with Gasteiger partial charge in [-0.15, -0.1) is 0 Å². The molecule has 0 radical (unpaired) electrons. The van der Waals surface area contributed by atoms with Crippen molar-refractivity contribution in [1.29, 1.82) is 0 Å². The molecular weight excluding hydrogens is 392 g/mol. The zero-order valence-corrected chi connectivity index (χ0v) is 18.8. The maximum atomic E-state index is 11.0. The molecule has 32 heavy (non-hydrogen) atoms. The van der Waals surface area contributed by atoms with Gasteiger partial charge in [-0.2, -0.15) is 0 Å². The number of aliphatic hydroxyl groups is 1. The van der Waals surface area contributed by atoms with Crippen LogP contribution in [0.1, 0.15) is 31.2 Å². The molecule has 0 bridgehead atoms. The fraction of sp³-hybridized carbons (Fsp3) is 0.310. The number of hydrogen-bond donors (Lipinski definition) is 2. The minimum Gasteiger partial charge on any atom is -0.390 e. The van der Waals surface area contributed by atoms with E-state index < -0.39 is 6.10 Å². The van der Waals surface area contributed by atoms with E-state index in [1.54, 1.807) is 0 Å². The van der Waals surface area contributed by atoms with Crippen molar-refractivity contribution in [1.82, 2.24) is 9.88 Å². The van der Waals surface area contributed by atoms with Gasteiger partial charge >= 0.3 is 0 Å². The lowest BCUT2D eigenvalue weighted by Gasteiger charge is -2.19. The molecule has 3 heteroatoms. The number of aryl methyl sites for hydroxylation is 1. The number of aliphatic hydroxyl groups excluding tert-OH is 1. The molecule has 1 aromatic heterocycles. The lowest BCUT2D eigenvalue weighted by Crippen LogP contribution is -2.36. The van der Waals surface area contributed by atoms with E-state index in [1.165, 1.54) is 64.5 Å². The van der Waals surface area contributed by atoms with E-state index in [-0.39, 0.29) is 0 Å². The van der Waals surface area contributed by atoms with Crippen molar-refractivity contribution in [2.45, 2.75) is 51.3 Å². The Morgan fingerprint density at radius 1 is 0.906 bits per heavy atom. The van der Waals surface area contributed by atoms with Gasteiger partial charge in [0.2, 0.25) is 0 Å². The van der Waals surface area contributed by atoms with Gasteiger partial charge in [0.1, 0.15) is 0 Å². The summed E-state index contributed by atoms with van der Waals surface area (Å²) in [6.45, 7) is 3.34. The van der Waals surface area contributed by atoms with E-state index in [0.29, 0.717) is 19.1 Å². The van der Waals surface area contributed by atoms with Gasteiger partial charge in [-0.3, -0.25) is 0 Å². The number of hydrogen-bond acceptors (Lipinski definition) is 2. The first-order valence-corrected chi connectivity index (χ1v) is 11.9. The van der Waals surface area contributed by atoms with Gasteiger partial charge < -0.3 is 15.0 Å². The number of rotatable bonds is 7. The smallest absolute Gasteiger partial charge is 0.0843 e. The van der Waals surface area contributed by atoms with Crippen LogP contribution in [0.4, 0.5) is 0 Å². The summed E-state index contributed by atoms with van der Waals surface area (Å²) >= 11 is 0. The molecule has 1 saturated carbocycles. The van der Waals surface area contributed by atoms with Crippen LogP contribution in [-0.2, 0) is 6.54 Å². The molecule has 4 aromatic rings. The van der Waals surface area contributed by atoms with Crippen molar-refractivity contribution in [3.63, 3.8) is 0 Å². The molecule has 3 nitrogen and oxygen atoms in total. The first-order chi connectivity index (χ1) is 15.7. The predicted octanol–water partition coefficient (Wildman–Crippen LogP) is 6.18. The van der Waals surface area contributed by atoms with Crippen LogP contribution in [0, 0.1) is 6.92 Å². The molecule has 2 N–H and O–H groups in total. The molecule has 0 saturated heterocycles. The molecule has 1 fully saturated rings. The van der Waals surface area contributed by atoms with Crippen LogP contribution in [-0.4, -0.2) is 28.4 Å². The van der Waals surface area contributed by atoms with Crippen LogP contribution in [0.5, 0.6) is 0 Å². The van der Waals surface area contributed by atoms with E-state index in [1.807, 2.05) is 0 Å². The average Bonchev–Trinajstić information content (AvgIpc) is 3.45. The quantitative estimate of drug-likeness (QED) is 0.372. The highest BCUT2D eigenvalue weighted by atomic mass is 16.3. The van der Waals surface area contributed by atoms with Crippen LogP contribution in [0.25, 0.3) is 33.3 Å². The van der Waals surface area contributed by atoms with Crippen molar-refractivity contribution in [2.75, 3.05) is 6.54 Å². The Kier molecular flexibility index (Phi) is 6.11. The predicted molar refractivity (Wildman–Crippen MR) is 134 cm³/mol. The summed E-state index contributed by atoms with van der Waals surface area (Å²) in [5.74, 6) is 0. The zero-order valence-electron chi connectivity index (χ0n) is 18.8. The topological polar surface area (TPSA) is 37.2 Å². The van der Waals surface area contributed by atoms with Crippen LogP contribution in [0.2, 0.25) is 0 Å². The van der Waals surface area contributed by atoms with Gasteiger partial charge in [0.25, 0.3) is 0 Å². The van der Waals surface area contributed by atoms with Crippen LogP contribution >= 0.6 is 0 Å².